The Kier molecular flexibility index (Phi) is 8.83. The van der Waals surface area contributed by atoms with Crippen molar-refractivity contribution >= 4 is 35.6 Å². The highest BCUT2D eigenvalue weighted by Crippen LogP contribution is 2.24. The van der Waals surface area contributed by atoms with Gasteiger partial charge in [0.05, 0.1) is 12.2 Å². The van der Waals surface area contributed by atoms with Gasteiger partial charge in [-0.15, -0.1) is 11.8 Å². The molecule has 2 N–H and O–H groups in total. The molecule has 0 atom stereocenters. The molecule has 2 heterocycles. The van der Waals surface area contributed by atoms with Gasteiger partial charge in [-0.3, -0.25) is 9.69 Å². The number of aldehydes is 1. The van der Waals surface area contributed by atoms with Gasteiger partial charge in [0.1, 0.15) is 6.29 Å². The van der Waals surface area contributed by atoms with Gasteiger partial charge in [0, 0.05) is 66.4 Å². The number of aliphatic hydroxyl groups excluding tert-OH is 1. The van der Waals surface area contributed by atoms with Crippen LogP contribution in [-0.2, 0) is 4.79 Å². The molecule has 1 aliphatic rings. The smallest absolute Gasteiger partial charge is 0.253 e. The van der Waals surface area contributed by atoms with Crippen LogP contribution in [0, 0.1) is 0 Å². The Morgan fingerprint density at radius 3 is 2.46 bits per heavy atom. The van der Waals surface area contributed by atoms with Crippen molar-refractivity contribution in [1.29, 1.82) is 0 Å². The quantitative estimate of drug-likeness (QED) is 0.253. The first-order chi connectivity index (χ1) is 17.2. The maximum absolute atomic E-state index is 12.8. The van der Waals surface area contributed by atoms with Gasteiger partial charge >= 0.3 is 0 Å². The lowest BCUT2D eigenvalue weighted by atomic mass is 10.1. The predicted octanol–water partition coefficient (Wildman–Crippen LogP) is 3.32. The lowest BCUT2D eigenvalue weighted by Crippen LogP contribution is -2.49. The number of nitrogens with zero attached hydrogens (tertiary/aromatic N) is 4. The maximum Gasteiger partial charge on any atom is 0.253 e. The Balaban J connectivity index is 1.35. The van der Waals surface area contributed by atoms with E-state index in [4.69, 9.17) is 5.11 Å². The van der Waals surface area contributed by atoms with Crippen molar-refractivity contribution in [2.45, 2.75) is 11.3 Å². The number of benzene rings is 2. The zero-order chi connectivity index (χ0) is 24.5. The van der Waals surface area contributed by atoms with Crippen LogP contribution in [0.4, 0.5) is 11.6 Å². The third-order valence-electron chi connectivity index (χ3n) is 5.76. The summed E-state index contributed by atoms with van der Waals surface area (Å²) in [6.07, 6.45) is 3.40. The van der Waals surface area contributed by atoms with E-state index in [2.05, 4.69) is 27.4 Å². The lowest BCUT2D eigenvalue weighted by molar-refractivity contribution is -0.109. The standard InChI is InChI=1S/C26H29N5O3S/c32-17-1-19-35-23-8-4-20(5-9-23)24-10-11-27-26(29-24)28-22-6-2-21(3-7-22)25(34)31-14-12-30(13-15-31)16-18-33/h2-11,18,32H,1,12-17,19H2,(H,27,28,29). The van der Waals surface area contributed by atoms with Crippen LogP contribution in [0.1, 0.15) is 16.8 Å². The summed E-state index contributed by atoms with van der Waals surface area (Å²) in [5.41, 5.74) is 3.24. The minimum Gasteiger partial charge on any atom is -0.396 e. The van der Waals surface area contributed by atoms with Crippen LogP contribution in [0.5, 0.6) is 0 Å². The van der Waals surface area contributed by atoms with E-state index in [-0.39, 0.29) is 12.5 Å². The second kappa shape index (κ2) is 12.4. The summed E-state index contributed by atoms with van der Waals surface area (Å²) < 4.78 is 0. The van der Waals surface area contributed by atoms with Crippen LogP contribution in [0.15, 0.2) is 65.7 Å². The molecule has 9 heteroatoms. The second-order valence-corrected chi connectivity index (χ2v) is 9.35. The van der Waals surface area contributed by atoms with E-state index in [0.717, 1.165) is 40.3 Å². The summed E-state index contributed by atoms with van der Waals surface area (Å²) in [4.78, 5) is 37.5. The number of hydrogen-bond donors (Lipinski definition) is 2. The molecule has 0 saturated carbocycles. The largest absolute Gasteiger partial charge is 0.396 e. The number of aliphatic hydroxyl groups is 1. The highest BCUT2D eigenvalue weighted by molar-refractivity contribution is 7.99. The van der Waals surface area contributed by atoms with E-state index in [9.17, 15) is 9.59 Å². The van der Waals surface area contributed by atoms with Crippen molar-refractivity contribution in [1.82, 2.24) is 19.8 Å². The Hall–Kier alpha value is -3.27. The van der Waals surface area contributed by atoms with Crippen LogP contribution in [0.2, 0.25) is 0 Å². The topological polar surface area (TPSA) is 98.7 Å². The highest BCUT2D eigenvalue weighted by Gasteiger charge is 2.21. The van der Waals surface area contributed by atoms with Crippen LogP contribution < -0.4 is 5.32 Å². The molecular weight excluding hydrogens is 462 g/mol. The van der Waals surface area contributed by atoms with Crippen LogP contribution in [0.25, 0.3) is 11.3 Å². The summed E-state index contributed by atoms with van der Waals surface area (Å²) in [6, 6.07) is 17.4. The first-order valence-corrected chi connectivity index (χ1v) is 12.6. The van der Waals surface area contributed by atoms with E-state index < -0.39 is 0 Å². The van der Waals surface area contributed by atoms with Crippen molar-refractivity contribution in [3.05, 3.63) is 66.4 Å². The molecule has 1 aromatic heterocycles. The lowest BCUT2D eigenvalue weighted by Gasteiger charge is -2.33. The first-order valence-electron chi connectivity index (χ1n) is 11.7. The second-order valence-electron chi connectivity index (χ2n) is 8.18. The molecule has 8 nitrogen and oxygen atoms in total. The van der Waals surface area contributed by atoms with Crippen LogP contribution >= 0.6 is 11.8 Å². The van der Waals surface area contributed by atoms with Gasteiger partial charge in [0.2, 0.25) is 5.95 Å². The minimum absolute atomic E-state index is 0.00137. The molecule has 0 bridgehead atoms. The molecule has 0 aliphatic carbocycles. The SMILES string of the molecule is O=CCN1CCN(C(=O)c2ccc(Nc3nccc(-c4ccc(SCCCO)cc4)n3)cc2)CC1. The van der Waals surface area contributed by atoms with Gasteiger partial charge < -0.3 is 20.1 Å². The van der Waals surface area contributed by atoms with Crippen molar-refractivity contribution in [2.24, 2.45) is 0 Å². The molecule has 1 fully saturated rings. The van der Waals surface area contributed by atoms with E-state index >= 15 is 0 Å². The predicted molar refractivity (Wildman–Crippen MR) is 138 cm³/mol. The fourth-order valence-corrected chi connectivity index (χ4v) is 4.64. The number of hydrogen-bond acceptors (Lipinski definition) is 8. The Morgan fingerprint density at radius 2 is 1.77 bits per heavy atom. The maximum atomic E-state index is 12.8. The van der Waals surface area contributed by atoms with Crippen molar-refractivity contribution in [3.8, 4) is 11.3 Å². The van der Waals surface area contributed by atoms with Gasteiger partial charge in [-0.05, 0) is 48.9 Å². The number of aromatic nitrogens is 2. The molecule has 0 unspecified atom stereocenters. The summed E-state index contributed by atoms with van der Waals surface area (Å²) in [6.45, 7) is 3.29. The van der Waals surface area contributed by atoms with E-state index in [1.54, 1.807) is 30.1 Å². The minimum atomic E-state index is -0.00137. The zero-order valence-corrected chi connectivity index (χ0v) is 20.3. The van der Waals surface area contributed by atoms with Crippen molar-refractivity contribution in [3.63, 3.8) is 0 Å². The third kappa shape index (κ3) is 6.88. The summed E-state index contributed by atoms with van der Waals surface area (Å²) in [7, 11) is 0. The summed E-state index contributed by atoms with van der Waals surface area (Å²) >= 11 is 1.72. The molecule has 182 valence electrons. The zero-order valence-electron chi connectivity index (χ0n) is 19.5. The highest BCUT2D eigenvalue weighted by atomic mass is 32.2. The van der Waals surface area contributed by atoms with Gasteiger partial charge in [-0.2, -0.15) is 0 Å². The van der Waals surface area contributed by atoms with Crippen molar-refractivity contribution in [2.75, 3.05) is 50.4 Å². The number of thioether (sulfide) groups is 1. The van der Waals surface area contributed by atoms with E-state index in [1.807, 2.05) is 40.1 Å². The molecule has 4 rings (SSSR count). The number of rotatable bonds is 10. The van der Waals surface area contributed by atoms with E-state index in [1.165, 1.54) is 0 Å². The van der Waals surface area contributed by atoms with Gasteiger partial charge in [-0.25, -0.2) is 9.97 Å². The number of carbonyl (C=O) groups is 2. The van der Waals surface area contributed by atoms with Crippen LogP contribution in [-0.4, -0.2) is 82.2 Å². The molecule has 1 aliphatic heterocycles. The van der Waals surface area contributed by atoms with Gasteiger partial charge in [-0.1, -0.05) is 12.1 Å². The number of nitrogens with one attached hydrogen (secondary N) is 1. The third-order valence-corrected chi connectivity index (χ3v) is 6.86. The van der Waals surface area contributed by atoms with Crippen LogP contribution in [0.3, 0.4) is 0 Å². The molecule has 0 radical (unpaired) electrons. The van der Waals surface area contributed by atoms with E-state index in [0.29, 0.717) is 44.2 Å². The molecule has 35 heavy (non-hydrogen) atoms. The average Bonchev–Trinajstić information content (AvgIpc) is 2.90. The summed E-state index contributed by atoms with van der Waals surface area (Å²) in [5, 5.41) is 12.1. The fourth-order valence-electron chi connectivity index (χ4n) is 3.80. The normalized spacial score (nSPS) is 14.0. The number of piperazine rings is 1. The molecular formula is C26H29N5O3S. The first kappa shape index (κ1) is 24.8. The summed E-state index contributed by atoms with van der Waals surface area (Å²) in [5.74, 6) is 1.37. The molecule has 2 aromatic carbocycles. The van der Waals surface area contributed by atoms with Crippen molar-refractivity contribution < 1.29 is 14.7 Å². The Labute approximate surface area is 209 Å². The number of anilines is 2. The number of carbonyl (C=O) groups excluding carboxylic acids is 2. The number of amides is 1. The fraction of sp³-hybridized carbons (Fsp3) is 0.308. The molecule has 1 amide bonds. The van der Waals surface area contributed by atoms with Gasteiger partial charge in [0.15, 0.2) is 0 Å². The molecule has 1 saturated heterocycles. The monoisotopic (exact) mass is 491 g/mol. The average molecular weight is 492 g/mol. The van der Waals surface area contributed by atoms with Gasteiger partial charge in [0.25, 0.3) is 5.91 Å². The molecule has 3 aromatic rings. The Morgan fingerprint density at radius 1 is 1.03 bits per heavy atom. The Bertz CT molecular complexity index is 1120. The molecule has 0 spiro atoms.